The van der Waals surface area contributed by atoms with Crippen LogP contribution in [-0.2, 0) is 31.4 Å². The summed E-state index contributed by atoms with van der Waals surface area (Å²) in [7, 11) is -6.93. The van der Waals surface area contributed by atoms with E-state index < -0.39 is 25.4 Å². The van der Waals surface area contributed by atoms with E-state index in [2.05, 4.69) is 4.72 Å². The van der Waals surface area contributed by atoms with Crippen molar-refractivity contribution in [2.24, 2.45) is 0 Å². The summed E-state index contributed by atoms with van der Waals surface area (Å²) < 4.78 is 50.4. The van der Waals surface area contributed by atoms with Crippen molar-refractivity contribution in [2.45, 2.75) is 42.7 Å². The van der Waals surface area contributed by atoms with Crippen LogP contribution in [0.5, 0.6) is 0 Å². The number of sulfonamides is 1. The van der Waals surface area contributed by atoms with Gasteiger partial charge in [0.05, 0.1) is 16.4 Å². The summed E-state index contributed by atoms with van der Waals surface area (Å²) >= 11 is 0. The van der Waals surface area contributed by atoms with Gasteiger partial charge in [-0.2, -0.15) is 0 Å². The molecule has 5 nitrogen and oxygen atoms in total. The van der Waals surface area contributed by atoms with Crippen LogP contribution in [0.25, 0.3) is 0 Å². The van der Waals surface area contributed by atoms with Gasteiger partial charge in [0, 0.05) is 5.54 Å². The average Bonchev–Trinajstić information content (AvgIpc) is 2.46. The predicted molar refractivity (Wildman–Crippen MR) is 72.8 cm³/mol. The Morgan fingerprint density at radius 1 is 1.16 bits per heavy atom. The molecule has 0 saturated heterocycles. The molecule has 1 N–H and O–H groups in total. The molecule has 0 amide bonds. The summed E-state index contributed by atoms with van der Waals surface area (Å²) in [4.78, 5) is 0.0704. The van der Waals surface area contributed by atoms with E-state index >= 15 is 0 Å². The van der Waals surface area contributed by atoms with Crippen molar-refractivity contribution >= 4 is 19.9 Å². The smallest absolute Gasteiger partial charge is 0.228 e. The summed E-state index contributed by atoms with van der Waals surface area (Å²) in [6, 6.07) is 4.70. The second-order valence-corrected chi connectivity index (χ2v) is 9.50. The zero-order valence-electron chi connectivity index (χ0n) is 11.1. The van der Waals surface area contributed by atoms with Gasteiger partial charge >= 0.3 is 0 Å². The molecule has 0 aromatic heterocycles. The molecule has 1 heterocycles. The molecule has 0 fully saturated rings. The number of benzene rings is 1. The molecule has 0 atom stereocenters. The number of hydrogen-bond donors (Lipinski definition) is 1. The minimum atomic E-state index is -3.71. The quantitative estimate of drug-likeness (QED) is 0.890. The molecule has 0 bridgehead atoms. The van der Waals surface area contributed by atoms with Crippen LogP contribution in [0.1, 0.15) is 31.9 Å². The highest BCUT2D eigenvalue weighted by molar-refractivity contribution is 7.91. The minimum absolute atomic E-state index is 0.0704. The van der Waals surface area contributed by atoms with Crippen LogP contribution in [-0.4, -0.2) is 22.4 Å². The lowest BCUT2D eigenvalue weighted by molar-refractivity contribution is 0.491. The molecule has 0 unspecified atom stereocenters. The van der Waals surface area contributed by atoms with E-state index in [1.165, 1.54) is 6.07 Å². The average molecular weight is 303 g/mol. The fourth-order valence-electron chi connectivity index (χ4n) is 2.13. The Morgan fingerprint density at radius 3 is 2.37 bits per heavy atom. The molecular formula is C12H17NO4S2. The third-order valence-corrected chi connectivity index (χ3v) is 6.02. The van der Waals surface area contributed by atoms with Crippen LogP contribution < -0.4 is 4.72 Å². The maximum Gasteiger partial charge on any atom is 0.241 e. The van der Waals surface area contributed by atoms with Gasteiger partial charge in [-0.3, -0.25) is 0 Å². The fourth-order valence-corrected chi connectivity index (χ4v) is 5.55. The number of nitrogens with one attached hydrogen (secondary N) is 1. The maximum absolute atomic E-state index is 12.3. The first kappa shape index (κ1) is 14.5. The van der Waals surface area contributed by atoms with Crippen molar-refractivity contribution in [3.05, 3.63) is 29.3 Å². The minimum Gasteiger partial charge on any atom is -0.228 e. The topological polar surface area (TPSA) is 80.3 Å². The van der Waals surface area contributed by atoms with Gasteiger partial charge in [-0.1, -0.05) is 12.1 Å². The normalized spacial score (nSPS) is 18.3. The third kappa shape index (κ3) is 3.16. The zero-order chi connectivity index (χ0) is 14.5. The summed E-state index contributed by atoms with van der Waals surface area (Å²) in [5.74, 6) is -0.287. The molecule has 1 aliphatic rings. The van der Waals surface area contributed by atoms with Gasteiger partial charge in [0.2, 0.25) is 10.0 Å². The SMILES string of the molecule is CC(C)(C)NS(=O)(=O)c1cccc2c1CS(=O)(=O)C2. The Labute approximate surface area is 114 Å². The van der Waals surface area contributed by atoms with Gasteiger partial charge in [0.15, 0.2) is 9.84 Å². The second kappa shape index (κ2) is 4.29. The van der Waals surface area contributed by atoms with Crippen molar-refractivity contribution < 1.29 is 16.8 Å². The van der Waals surface area contributed by atoms with Crippen LogP contribution in [0, 0.1) is 0 Å². The number of hydrogen-bond acceptors (Lipinski definition) is 4. The lowest BCUT2D eigenvalue weighted by atomic mass is 10.1. The molecule has 0 aliphatic carbocycles. The lowest BCUT2D eigenvalue weighted by Gasteiger charge is -2.21. The van der Waals surface area contributed by atoms with Gasteiger partial charge < -0.3 is 0 Å². The first-order valence-corrected chi connectivity index (χ1v) is 9.16. The molecular weight excluding hydrogens is 286 g/mol. The van der Waals surface area contributed by atoms with E-state index in [9.17, 15) is 16.8 Å². The van der Waals surface area contributed by atoms with Crippen LogP contribution >= 0.6 is 0 Å². The maximum atomic E-state index is 12.3. The molecule has 1 aliphatic heterocycles. The second-order valence-electron chi connectivity index (χ2n) is 5.78. The van der Waals surface area contributed by atoms with Crippen LogP contribution in [0.2, 0.25) is 0 Å². The lowest BCUT2D eigenvalue weighted by Crippen LogP contribution is -2.40. The van der Waals surface area contributed by atoms with E-state index in [4.69, 9.17) is 0 Å². The van der Waals surface area contributed by atoms with E-state index in [1.807, 2.05) is 0 Å². The van der Waals surface area contributed by atoms with Crippen LogP contribution in [0.4, 0.5) is 0 Å². The van der Waals surface area contributed by atoms with Gasteiger partial charge in [0.25, 0.3) is 0 Å². The summed E-state index contributed by atoms with van der Waals surface area (Å²) in [5, 5.41) is 0. The van der Waals surface area contributed by atoms with E-state index in [1.54, 1.807) is 32.9 Å². The molecule has 7 heteroatoms. The Balaban J connectivity index is 2.53. The molecule has 19 heavy (non-hydrogen) atoms. The Kier molecular flexibility index (Phi) is 3.27. The van der Waals surface area contributed by atoms with Crippen molar-refractivity contribution in [3.63, 3.8) is 0 Å². The van der Waals surface area contributed by atoms with Crippen LogP contribution in [0.3, 0.4) is 0 Å². The Hall–Kier alpha value is -0.920. The van der Waals surface area contributed by atoms with Crippen LogP contribution in [0.15, 0.2) is 23.1 Å². The van der Waals surface area contributed by atoms with E-state index in [0.717, 1.165) is 0 Å². The van der Waals surface area contributed by atoms with Gasteiger partial charge in [-0.15, -0.1) is 0 Å². The first-order chi connectivity index (χ1) is 8.50. The summed E-state index contributed by atoms with van der Waals surface area (Å²) in [6.07, 6.45) is 0. The predicted octanol–water partition coefficient (Wildman–Crippen LogP) is 1.19. The van der Waals surface area contributed by atoms with Gasteiger partial charge in [0.1, 0.15) is 0 Å². The number of rotatable bonds is 2. The molecule has 1 aromatic rings. The Morgan fingerprint density at radius 2 is 1.79 bits per heavy atom. The molecule has 106 valence electrons. The highest BCUT2D eigenvalue weighted by Crippen LogP contribution is 2.30. The Bertz CT molecular complexity index is 713. The van der Waals surface area contributed by atoms with Crippen molar-refractivity contribution in [2.75, 3.05) is 0 Å². The molecule has 0 spiro atoms. The third-order valence-electron chi connectivity index (χ3n) is 2.70. The molecule has 0 saturated carbocycles. The largest absolute Gasteiger partial charge is 0.241 e. The summed E-state index contributed by atoms with van der Waals surface area (Å²) in [6.45, 7) is 5.22. The molecule has 0 radical (unpaired) electrons. The van der Waals surface area contributed by atoms with Gasteiger partial charge in [-0.05, 0) is 38.0 Å². The highest BCUT2D eigenvalue weighted by atomic mass is 32.2. The number of sulfone groups is 1. The molecule has 1 aromatic carbocycles. The first-order valence-electron chi connectivity index (χ1n) is 5.85. The van der Waals surface area contributed by atoms with E-state index in [-0.39, 0.29) is 16.4 Å². The number of fused-ring (bicyclic) bond motifs is 1. The fraction of sp³-hybridized carbons (Fsp3) is 0.500. The zero-order valence-corrected chi connectivity index (χ0v) is 12.7. The van der Waals surface area contributed by atoms with Crippen molar-refractivity contribution in [3.8, 4) is 0 Å². The highest BCUT2D eigenvalue weighted by Gasteiger charge is 2.32. The van der Waals surface area contributed by atoms with Crippen molar-refractivity contribution in [1.29, 1.82) is 0 Å². The van der Waals surface area contributed by atoms with Crippen molar-refractivity contribution in [1.82, 2.24) is 4.72 Å². The monoisotopic (exact) mass is 303 g/mol. The molecule has 2 rings (SSSR count). The van der Waals surface area contributed by atoms with Gasteiger partial charge in [-0.25, -0.2) is 21.6 Å². The standard InChI is InChI=1S/C12H17NO4S2/c1-12(2,3)13-19(16,17)11-6-4-5-9-7-18(14,15)8-10(9)11/h4-6,13H,7-8H2,1-3H3. The summed E-state index contributed by atoms with van der Waals surface area (Å²) in [5.41, 5.74) is 0.370. The van der Waals surface area contributed by atoms with E-state index in [0.29, 0.717) is 11.1 Å².